The number of thioether (sulfide) groups is 1. The van der Waals surface area contributed by atoms with Gasteiger partial charge >= 0.3 is 0 Å². The van der Waals surface area contributed by atoms with Crippen molar-refractivity contribution in [2.24, 2.45) is 0 Å². The molecule has 0 aliphatic rings. The lowest BCUT2D eigenvalue weighted by molar-refractivity contribution is 0.0704. The summed E-state index contributed by atoms with van der Waals surface area (Å²) >= 11 is 1.59. The van der Waals surface area contributed by atoms with E-state index in [1.807, 2.05) is 66.7 Å². The van der Waals surface area contributed by atoms with Crippen LogP contribution < -0.4 is 0 Å². The van der Waals surface area contributed by atoms with Crippen molar-refractivity contribution in [3.63, 3.8) is 0 Å². The van der Waals surface area contributed by atoms with E-state index >= 15 is 0 Å². The van der Waals surface area contributed by atoms with E-state index in [9.17, 15) is 9.90 Å². The molecule has 0 saturated heterocycles. The average molecular weight is 403 g/mol. The number of amides is 1. The normalized spacial score (nSPS) is 10.3. The van der Waals surface area contributed by atoms with Gasteiger partial charge in [0.15, 0.2) is 0 Å². The molecule has 4 nitrogen and oxygen atoms in total. The molecule has 1 amide bonds. The molecule has 3 aromatic rings. The number of nitriles is 1. The minimum Gasteiger partial charge on any atom is -0.395 e. The number of rotatable bonds is 8. The van der Waals surface area contributed by atoms with E-state index in [0.29, 0.717) is 23.4 Å². The molecule has 5 heteroatoms. The minimum absolute atomic E-state index is 0.0842. The van der Waals surface area contributed by atoms with Crippen molar-refractivity contribution in [1.29, 1.82) is 5.26 Å². The number of carbonyl (C=O) groups excluding carboxylic acids is 1. The first-order chi connectivity index (χ1) is 14.2. The van der Waals surface area contributed by atoms with Crippen molar-refractivity contribution in [3.8, 4) is 6.07 Å². The molecule has 0 aliphatic heterocycles. The highest BCUT2D eigenvalue weighted by molar-refractivity contribution is 7.98. The van der Waals surface area contributed by atoms with E-state index in [0.717, 1.165) is 16.0 Å². The van der Waals surface area contributed by atoms with Gasteiger partial charge in [0.2, 0.25) is 0 Å². The SMILES string of the molecule is N#Cc1ccc(CSc2ccccc2C(=O)N(CCO)Cc2ccccc2)cc1. The van der Waals surface area contributed by atoms with E-state index in [4.69, 9.17) is 5.26 Å². The second-order valence-corrected chi connectivity index (χ2v) is 7.55. The van der Waals surface area contributed by atoms with Crippen LogP contribution in [0.1, 0.15) is 27.0 Å². The molecule has 1 N–H and O–H groups in total. The topological polar surface area (TPSA) is 64.3 Å². The van der Waals surface area contributed by atoms with E-state index < -0.39 is 0 Å². The zero-order chi connectivity index (χ0) is 20.5. The van der Waals surface area contributed by atoms with Crippen LogP contribution in [0.15, 0.2) is 83.8 Å². The molecule has 3 aromatic carbocycles. The van der Waals surface area contributed by atoms with E-state index in [1.165, 1.54) is 0 Å². The number of carbonyl (C=O) groups is 1. The van der Waals surface area contributed by atoms with Gasteiger partial charge in [-0.1, -0.05) is 54.6 Å². The second kappa shape index (κ2) is 10.5. The largest absolute Gasteiger partial charge is 0.395 e. The van der Waals surface area contributed by atoms with Crippen LogP contribution in [-0.4, -0.2) is 29.1 Å². The summed E-state index contributed by atoms with van der Waals surface area (Å²) in [6, 6.07) is 26.9. The maximum absolute atomic E-state index is 13.2. The van der Waals surface area contributed by atoms with Crippen LogP contribution in [0.4, 0.5) is 0 Å². The van der Waals surface area contributed by atoms with Crippen LogP contribution >= 0.6 is 11.8 Å². The molecule has 0 spiro atoms. The summed E-state index contributed by atoms with van der Waals surface area (Å²) in [4.78, 5) is 15.8. The third kappa shape index (κ3) is 5.71. The molecule has 0 unspecified atom stereocenters. The quantitative estimate of drug-likeness (QED) is 0.564. The van der Waals surface area contributed by atoms with Crippen molar-refractivity contribution >= 4 is 17.7 Å². The number of benzene rings is 3. The zero-order valence-electron chi connectivity index (χ0n) is 16.0. The summed E-state index contributed by atoms with van der Waals surface area (Å²) in [5, 5.41) is 18.4. The summed E-state index contributed by atoms with van der Waals surface area (Å²) in [6.45, 7) is 0.649. The fourth-order valence-corrected chi connectivity index (χ4v) is 3.95. The van der Waals surface area contributed by atoms with Gasteiger partial charge in [-0.05, 0) is 35.4 Å². The summed E-state index contributed by atoms with van der Waals surface area (Å²) in [7, 11) is 0. The molecule has 0 saturated carbocycles. The van der Waals surface area contributed by atoms with Gasteiger partial charge in [0.1, 0.15) is 0 Å². The first-order valence-electron chi connectivity index (χ1n) is 9.36. The minimum atomic E-state index is -0.0918. The second-order valence-electron chi connectivity index (χ2n) is 6.53. The van der Waals surface area contributed by atoms with Crippen molar-refractivity contribution in [2.75, 3.05) is 13.2 Å². The predicted molar refractivity (Wildman–Crippen MR) is 115 cm³/mol. The molecule has 0 fully saturated rings. The number of hydrogen-bond donors (Lipinski definition) is 1. The number of aliphatic hydroxyl groups is 1. The molecule has 0 atom stereocenters. The van der Waals surface area contributed by atoms with Crippen molar-refractivity contribution in [2.45, 2.75) is 17.2 Å². The average Bonchev–Trinajstić information content (AvgIpc) is 2.78. The highest BCUT2D eigenvalue weighted by atomic mass is 32.2. The Morgan fingerprint density at radius 2 is 1.62 bits per heavy atom. The lowest BCUT2D eigenvalue weighted by Crippen LogP contribution is -2.33. The molecule has 0 bridgehead atoms. The van der Waals surface area contributed by atoms with Gasteiger partial charge in [0, 0.05) is 23.7 Å². The summed E-state index contributed by atoms with van der Waals surface area (Å²) in [5.74, 6) is 0.611. The van der Waals surface area contributed by atoms with Gasteiger partial charge in [-0.15, -0.1) is 11.8 Å². The van der Waals surface area contributed by atoms with Gasteiger partial charge < -0.3 is 10.0 Å². The van der Waals surface area contributed by atoms with Gasteiger partial charge in [-0.2, -0.15) is 5.26 Å². The molecule has 3 rings (SSSR count). The Morgan fingerprint density at radius 3 is 2.31 bits per heavy atom. The smallest absolute Gasteiger partial charge is 0.255 e. The van der Waals surface area contributed by atoms with Crippen molar-refractivity contribution < 1.29 is 9.90 Å². The number of aliphatic hydroxyl groups excluding tert-OH is 1. The van der Waals surface area contributed by atoms with Crippen LogP contribution in [0.2, 0.25) is 0 Å². The van der Waals surface area contributed by atoms with Crippen LogP contribution in [0.25, 0.3) is 0 Å². The Kier molecular flexibility index (Phi) is 7.46. The van der Waals surface area contributed by atoms with E-state index in [1.54, 1.807) is 28.8 Å². The maximum atomic E-state index is 13.2. The molecule has 0 aliphatic carbocycles. The van der Waals surface area contributed by atoms with Gasteiger partial charge in [-0.3, -0.25) is 4.79 Å². The lowest BCUT2D eigenvalue weighted by Gasteiger charge is -2.23. The first kappa shape index (κ1) is 20.7. The monoisotopic (exact) mass is 402 g/mol. The Labute approximate surface area is 175 Å². The summed E-state index contributed by atoms with van der Waals surface area (Å²) in [6.07, 6.45) is 0. The van der Waals surface area contributed by atoms with Crippen LogP contribution in [0.5, 0.6) is 0 Å². The van der Waals surface area contributed by atoms with Crippen molar-refractivity contribution in [1.82, 2.24) is 4.90 Å². The third-order valence-electron chi connectivity index (χ3n) is 4.47. The zero-order valence-corrected chi connectivity index (χ0v) is 16.8. The highest BCUT2D eigenvalue weighted by Gasteiger charge is 2.19. The molecule has 0 aromatic heterocycles. The molecule has 146 valence electrons. The van der Waals surface area contributed by atoms with Gasteiger partial charge in [-0.25, -0.2) is 0 Å². The first-order valence-corrected chi connectivity index (χ1v) is 10.3. The Morgan fingerprint density at radius 1 is 0.931 bits per heavy atom. The highest BCUT2D eigenvalue weighted by Crippen LogP contribution is 2.27. The van der Waals surface area contributed by atoms with E-state index in [-0.39, 0.29) is 19.1 Å². The van der Waals surface area contributed by atoms with Crippen LogP contribution in [0.3, 0.4) is 0 Å². The summed E-state index contributed by atoms with van der Waals surface area (Å²) < 4.78 is 0. The number of nitrogens with zero attached hydrogens (tertiary/aromatic N) is 2. The molecular formula is C24H22N2O2S. The molecular weight excluding hydrogens is 380 g/mol. The lowest BCUT2D eigenvalue weighted by atomic mass is 10.1. The molecule has 0 heterocycles. The molecule has 29 heavy (non-hydrogen) atoms. The molecule has 0 radical (unpaired) electrons. The van der Waals surface area contributed by atoms with E-state index in [2.05, 4.69) is 6.07 Å². The van der Waals surface area contributed by atoms with Crippen molar-refractivity contribution in [3.05, 3.63) is 101 Å². The standard InChI is InChI=1S/C24H22N2O2S/c25-16-19-10-12-21(13-11-19)18-29-23-9-5-4-8-22(23)24(28)26(14-15-27)17-20-6-2-1-3-7-20/h1-13,27H,14-15,17-18H2. The number of hydrogen-bond acceptors (Lipinski definition) is 4. The Hall–Kier alpha value is -3.07. The Bertz CT molecular complexity index is 982. The third-order valence-corrected chi connectivity index (χ3v) is 5.61. The van der Waals surface area contributed by atoms with Gasteiger partial charge in [0.25, 0.3) is 5.91 Å². The fraction of sp³-hybridized carbons (Fsp3) is 0.167. The summed E-state index contributed by atoms with van der Waals surface area (Å²) in [5.41, 5.74) is 3.38. The van der Waals surface area contributed by atoms with Crippen LogP contribution in [0, 0.1) is 11.3 Å². The predicted octanol–water partition coefficient (Wildman–Crippen LogP) is 4.49. The Balaban J connectivity index is 1.76. The van der Waals surface area contributed by atoms with Gasteiger partial charge in [0.05, 0.1) is 23.8 Å². The fourth-order valence-electron chi connectivity index (χ4n) is 2.95. The van der Waals surface area contributed by atoms with Crippen LogP contribution in [-0.2, 0) is 12.3 Å². The maximum Gasteiger partial charge on any atom is 0.255 e.